The monoisotopic (exact) mass is 306 g/mol. The van der Waals surface area contributed by atoms with Crippen LogP contribution in [-0.2, 0) is 6.54 Å². The first-order valence-electron chi connectivity index (χ1n) is 8.15. The molecule has 3 aromatic rings. The van der Waals surface area contributed by atoms with E-state index in [9.17, 15) is 0 Å². The first-order valence-corrected chi connectivity index (χ1v) is 8.15. The lowest BCUT2D eigenvalue weighted by molar-refractivity contribution is 0.197. The predicted molar refractivity (Wildman–Crippen MR) is 88.0 cm³/mol. The third-order valence-corrected chi connectivity index (χ3v) is 4.50. The molecule has 0 N–H and O–H groups in total. The van der Waals surface area contributed by atoms with E-state index in [1.54, 1.807) is 6.33 Å². The van der Waals surface area contributed by atoms with E-state index in [1.165, 1.54) is 24.1 Å². The lowest BCUT2D eigenvalue weighted by atomic mass is 9.93. The number of hydrogen-bond donors (Lipinski definition) is 0. The molecule has 1 saturated heterocycles. The first kappa shape index (κ1) is 14.3. The van der Waals surface area contributed by atoms with Crippen molar-refractivity contribution in [3.05, 3.63) is 59.7 Å². The first-order chi connectivity index (χ1) is 11.3. The van der Waals surface area contributed by atoms with Crippen LogP contribution in [0.15, 0.2) is 36.7 Å². The molecule has 0 spiro atoms. The molecule has 117 valence electrons. The molecular weight excluding hydrogens is 286 g/mol. The summed E-state index contributed by atoms with van der Waals surface area (Å²) in [5.74, 6) is 1.17. The minimum absolute atomic E-state index is 0.471. The van der Waals surface area contributed by atoms with Gasteiger partial charge in [-0.25, -0.2) is 9.50 Å². The number of aromatic nitrogens is 4. The Balaban J connectivity index is 1.58. The fourth-order valence-corrected chi connectivity index (χ4v) is 3.46. The van der Waals surface area contributed by atoms with E-state index >= 15 is 0 Å². The van der Waals surface area contributed by atoms with Crippen LogP contribution in [0.2, 0.25) is 0 Å². The maximum Gasteiger partial charge on any atom is 0.252 e. The van der Waals surface area contributed by atoms with E-state index < -0.39 is 0 Å². The number of fused-ring (bicyclic) bond motifs is 1. The molecule has 0 bridgehead atoms. The summed E-state index contributed by atoms with van der Waals surface area (Å²) >= 11 is 0. The van der Waals surface area contributed by atoms with Crippen LogP contribution in [-0.4, -0.2) is 37.6 Å². The van der Waals surface area contributed by atoms with Gasteiger partial charge in [-0.1, -0.05) is 24.3 Å². The highest BCUT2D eigenvalue weighted by atomic mass is 15.3. The van der Waals surface area contributed by atoms with Gasteiger partial charge in [-0.3, -0.25) is 4.90 Å². The molecule has 2 aromatic heterocycles. The number of aryl methyl sites for hydroxylation is 1. The zero-order valence-electron chi connectivity index (χ0n) is 13.3. The van der Waals surface area contributed by atoms with Crippen molar-refractivity contribution >= 4 is 5.78 Å². The largest absolute Gasteiger partial charge is 0.298 e. The van der Waals surface area contributed by atoms with E-state index in [1.807, 2.05) is 23.6 Å². The molecule has 1 radical (unpaired) electrons. The fraction of sp³-hybridized carbons (Fsp3) is 0.389. The average molecular weight is 306 g/mol. The van der Waals surface area contributed by atoms with Gasteiger partial charge in [-0.05, 0) is 44.0 Å². The Morgan fingerprint density at radius 1 is 1.35 bits per heavy atom. The van der Waals surface area contributed by atoms with Crippen LogP contribution in [0.1, 0.15) is 35.7 Å². The van der Waals surface area contributed by atoms with E-state index in [2.05, 4.69) is 44.2 Å². The Hall–Kier alpha value is -2.27. The van der Waals surface area contributed by atoms with Crippen molar-refractivity contribution in [1.82, 2.24) is 24.5 Å². The van der Waals surface area contributed by atoms with E-state index in [0.717, 1.165) is 25.3 Å². The number of nitrogens with zero attached hydrogens (tertiary/aromatic N) is 5. The summed E-state index contributed by atoms with van der Waals surface area (Å²) in [6.07, 6.45) is 3.98. The van der Waals surface area contributed by atoms with Crippen molar-refractivity contribution in [3.63, 3.8) is 0 Å². The van der Waals surface area contributed by atoms with Gasteiger partial charge in [0, 0.05) is 24.7 Å². The SMILES string of the molecule is Cc1cc(C2CCCN(Cc3[c]cccc3)C2)n2ncnc2n1. The molecule has 1 aromatic carbocycles. The highest BCUT2D eigenvalue weighted by Gasteiger charge is 2.24. The summed E-state index contributed by atoms with van der Waals surface area (Å²) in [5.41, 5.74) is 3.49. The van der Waals surface area contributed by atoms with E-state index in [0.29, 0.717) is 11.7 Å². The van der Waals surface area contributed by atoms with Gasteiger partial charge in [0.1, 0.15) is 6.33 Å². The third kappa shape index (κ3) is 2.97. The van der Waals surface area contributed by atoms with Gasteiger partial charge in [0.15, 0.2) is 0 Å². The van der Waals surface area contributed by atoms with E-state index in [-0.39, 0.29) is 0 Å². The zero-order valence-corrected chi connectivity index (χ0v) is 13.3. The van der Waals surface area contributed by atoms with Gasteiger partial charge in [0.25, 0.3) is 5.78 Å². The van der Waals surface area contributed by atoms with Crippen molar-refractivity contribution in [2.75, 3.05) is 13.1 Å². The second kappa shape index (κ2) is 6.08. The second-order valence-corrected chi connectivity index (χ2v) is 6.26. The van der Waals surface area contributed by atoms with Crippen LogP contribution in [0.3, 0.4) is 0 Å². The van der Waals surface area contributed by atoms with Crippen LogP contribution in [0.25, 0.3) is 5.78 Å². The Labute approximate surface area is 136 Å². The lowest BCUT2D eigenvalue weighted by Gasteiger charge is -2.33. The normalized spacial score (nSPS) is 19.3. The molecule has 5 nitrogen and oxygen atoms in total. The highest BCUT2D eigenvalue weighted by Crippen LogP contribution is 2.28. The van der Waals surface area contributed by atoms with Crippen LogP contribution < -0.4 is 0 Å². The van der Waals surface area contributed by atoms with Crippen LogP contribution >= 0.6 is 0 Å². The molecule has 1 unspecified atom stereocenters. The maximum atomic E-state index is 4.45. The smallest absolute Gasteiger partial charge is 0.252 e. The van der Waals surface area contributed by atoms with Crippen molar-refractivity contribution in [2.24, 2.45) is 0 Å². The maximum absolute atomic E-state index is 4.45. The van der Waals surface area contributed by atoms with Crippen LogP contribution in [0.4, 0.5) is 0 Å². The van der Waals surface area contributed by atoms with Gasteiger partial charge >= 0.3 is 0 Å². The molecular formula is C18H20N5. The summed E-state index contributed by atoms with van der Waals surface area (Å²) in [7, 11) is 0. The molecule has 1 fully saturated rings. The number of rotatable bonds is 3. The lowest BCUT2D eigenvalue weighted by Crippen LogP contribution is -2.34. The van der Waals surface area contributed by atoms with Gasteiger partial charge in [-0.2, -0.15) is 10.1 Å². The minimum Gasteiger partial charge on any atom is -0.298 e. The standard InChI is InChI=1S/C18H20N5/c1-14-10-17(23-18(21-14)19-13-20-23)16-8-5-9-22(12-16)11-15-6-3-2-4-7-15/h2-4,6,10,13,16H,5,8-9,11-12H2,1H3. The Bertz CT molecular complexity index is 796. The summed E-state index contributed by atoms with van der Waals surface area (Å²) in [5, 5.41) is 4.36. The molecule has 1 aliphatic rings. The summed E-state index contributed by atoms with van der Waals surface area (Å²) < 4.78 is 1.90. The van der Waals surface area contributed by atoms with E-state index in [4.69, 9.17) is 0 Å². The van der Waals surface area contributed by atoms with Crippen molar-refractivity contribution in [1.29, 1.82) is 0 Å². The average Bonchev–Trinajstić information content (AvgIpc) is 3.03. The third-order valence-electron chi connectivity index (χ3n) is 4.50. The van der Waals surface area contributed by atoms with Crippen molar-refractivity contribution in [3.8, 4) is 0 Å². The molecule has 3 heterocycles. The summed E-state index contributed by atoms with van der Waals surface area (Å²) in [4.78, 5) is 11.2. The van der Waals surface area contributed by atoms with Gasteiger partial charge in [0.2, 0.25) is 0 Å². The number of hydrogen-bond acceptors (Lipinski definition) is 4. The summed E-state index contributed by atoms with van der Waals surface area (Å²) in [6.45, 7) is 5.17. The van der Waals surface area contributed by atoms with Crippen LogP contribution in [0, 0.1) is 13.0 Å². The predicted octanol–water partition coefficient (Wildman–Crippen LogP) is 2.61. The number of likely N-dealkylation sites (tertiary alicyclic amines) is 1. The van der Waals surface area contributed by atoms with Gasteiger partial charge < -0.3 is 0 Å². The van der Waals surface area contributed by atoms with Gasteiger partial charge in [-0.15, -0.1) is 0 Å². The summed E-state index contributed by atoms with van der Waals surface area (Å²) in [6, 6.07) is 13.7. The molecule has 4 rings (SSSR count). The number of benzene rings is 1. The molecule has 0 aliphatic carbocycles. The molecule has 1 aliphatic heterocycles. The minimum atomic E-state index is 0.471. The molecule has 0 saturated carbocycles. The topological polar surface area (TPSA) is 46.3 Å². The van der Waals surface area contributed by atoms with Crippen molar-refractivity contribution < 1.29 is 0 Å². The molecule has 23 heavy (non-hydrogen) atoms. The molecule has 5 heteroatoms. The quantitative estimate of drug-likeness (QED) is 0.746. The highest BCUT2D eigenvalue weighted by molar-refractivity contribution is 5.31. The van der Waals surface area contributed by atoms with Crippen molar-refractivity contribution in [2.45, 2.75) is 32.2 Å². The second-order valence-electron chi connectivity index (χ2n) is 6.26. The van der Waals surface area contributed by atoms with Gasteiger partial charge in [0.05, 0.1) is 5.69 Å². The number of piperidine rings is 1. The fourth-order valence-electron chi connectivity index (χ4n) is 3.46. The Morgan fingerprint density at radius 2 is 2.30 bits per heavy atom. The molecule has 1 atom stereocenters. The molecule has 0 amide bonds. The zero-order chi connectivity index (χ0) is 15.6. The Kier molecular flexibility index (Phi) is 3.79. The Morgan fingerprint density at radius 3 is 3.17 bits per heavy atom. The van der Waals surface area contributed by atoms with Crippen LogP contribution in [0.5, 0.6) is 0 Å².